The van der Waals surface area contributed by atoms with Crippen LogP contribution in [0.2, 0.25) is 0 Å². The lowest BCUT2D eigenvalue weighted by Crippen LogP contribution is -2.51. The van der Waals surface area contributed by atoms with Crippen molar-refractivity contribution in [3.05, 3.63) is 30.1 Å². The minimum atomic E-state index is -3.12. The average molecular weight is 528 g/mol. The van der Waals surface area contributed by atoms with Gasteiger partial charge < -0.3 is 15.4 Å². The molecule has 1 unspecified atom stereocenters. The van der Waals surface area contributed by atoms with E-state index in [2.05, 4.69) is 15.6 Å². The molecule has 0 aromatic heterocycles. The quantitative estimate of drug-likeness (QED) is 0.322. The summed E-state index contributed by atoms with van der Waals surface area (Å²) in [6.07, 6.45) is 1.19. The van der Waals surface area contributed by atoms with Crippen molar-refractivity contribution in [3.8, 4) is 5.75 Å². The lowest BCUT2D eigenvalue weighted by Gasteiger charge is -2.32. The molecule has 28 heavy (non-hydrogen) atoms. The van der Waals surface area contributed by atoms with Gasteiger partial charge in [0.2, 0.25) is 10.0 Å². The maximum Gasteiger partial charge on any atom is 0.213 e. The molecule has 0 bridgehead atoms. The van der Waals surface area contributed by atoms with Crippen LogP contribution in [-0.4, -0.2) is 63.3 Å². The van der Waals surface area contributed by atoms with Crippen molar-refractivity contribution in [2.24, 2.45) is 4.99 Å². The first-order chi connectivity index (χ1) is 12.9. The second-order valence-electron chi connectivity index (χ2n) is 6.53. The smallest absolute Gasteiger partial charge is 0.213 e. The van der Waals surface area contributed by atoms with Crippen LogP contribution in [0.25, 0.3) is 0 Å². The van der Waals surface area contributed by atoms with Gasteiger partial charge in [0.15, 0.2) is 17.5 Å². The van der Waals surface area contributed by atoms with Crippen molar-refractivity contribution in [1.82, 2.24) is 14.9 Å². The summed E-state index contributed by atoms with van der Waals surface area (Å²) in [5, 5.41) is 6.48. The fourth-order valence-corrected chi connectivity index (χ4v) is 4.02. The highest BCUT2D eigenvalue weighted by Crippen LogP contribution is 2.17. The third-order valence-corrected chi connectivity index (χ3v) is 6.38. The second kappa shape index (κ2) is 11.8. The Morgan fingerprint density at radius 3 is 2.57 bits per heavy atom. The molecule has 1 aromatic carbocycles. The summed E-state index contributed by atoms with van der Waals surface area (Å²) in [5.41, 5.74) is 0. The van der Waals surface area contributed by atoms with Gasteiger partial charge in [0.25, 0.3) is 0 Å². The molecule has 0 radical (unpaired) electrons. The third-order valence-electron chi connectivity index (χ3n) is 4.50. The number of benzene rings is 1. The molecule has 1 fully saturated rings. The van der Waals surface area contributed by atoms with E-state index in [0.717, 1.165) is 12.8 Å². The van der Waals surface area contributed by atoms with Crippen LogP contribution in [0.15, 0.2) is 29.3 Å². The molecule has 1 aliphatic rings. The van der Waals surface area contributed by atoms with Crippen molar-refractivity contribution in [2.75, 3.05) is 32.4 Å². The molecule has 1 saturated heterocycles. The Labute approximate surface area is 184 Å². The van der Waals surface area contributed by atoms with E-state index in [9.17, 15) is 12.8 Å². The van der Waals surface area contributed by atoms with Gasteiger partial charge in [-0.3, -0.25) is 4.99 Å². The molecule has 1 atom stereocenters. The lowest BCUT2D eigenvalue weighted by atomic mass is 10.1. The van der Waals surface area contributed by atoms with Crippen molar-refractivity contribution in [2.45, 2.75) is 38.8 Å². The van der Waals surface area contributed by atoms with Gasteiger partial charge in [-0.2, -0.15) is 0 Å². The molecule has 1 heterocycles. The van der Waals surface area contributed by atoms with Gasteiger partial charge in [0.1, 0.15) is 6.10 Å². The molecule has 2 rings (SSSR count). The topological polar surface area (TPSA) is 83.0 Å². The number of nitrogens with one attached hydrogen (secondary N) is 2. The van der Waals surface area contributed by atoms with Crippen molar-refractivity contribution < 1.29 is 17.5 Å². The number of rotatable bonds is 7. The monoisotopic (exact) mass is 528 g/mol. The number of aliphatic imine (C=N–C) groups is 1. The molecular formula is C18H30FIN4O3S. The Hall–Kier alpha value is -1.14. The largest absolute Gasteiger partial charge is 0.486 e. The van der Waals surface area contributed by atoms with Crippen LogP contribution in [-0.2, 0) is 10.0 Å². The second-order valence-corrected chi connectivity index (χ2v) is 8.79. The van der Waals surface area contributed by atoms with Gasteiger partial charge in [-0.1, -0.05) is 12.1 Å². The molecule has 0 spiro atoms. The van der Waals surface area contributed by atoms with E-state index < -0.39 is 10.0 Å². The maximum atomic E-state index is 13.6. The minimum Gasteiger partial charge on any atom is -0.486 e. The molecule has 0 amide bonds. The van der Waals surface area contributed by atoms with Crippen LogP contribution < -0.4 is 15.4 Å². The summed E-state index contributed by atoms with van der Waals surface area (Å²) in [6.45, 7) is 4.99. The van der Waals surface area contributed by atoms with Gasteiger partial charge in [0.05, 0.1) is 12.3 Å². The lowest BCUT2D eigenvalue weighted by molar-refractivity contribution is 0.213. The van der Waals surface area contributed by atoms with E-state index in [1.54, 1.807) is 36.5 Å². The molecule has 0 saturated carbocycles. The van der Waals surface area contributed by atoms with Crippen LogP contribution in [0.5, 0.6) is 5.75 Å². The normalized spacial score (nSPS) is 17.5. The van der Waals surface area contributed by atoms with E-state index in [1.165, 1.54) is 6.07 Å². The van der Waals surface area contributed by atoms with E-state index in [4.69, 9.17) is 4.74 Å². The highest BCUT2D eigenvalue weighted by molar-refractivity contribution is 14.0. The summed E-state index contributed by atoms with van der Waals surface area (Å²) in [5.74, 6) is 0.587. The number of sulfonamides is 1. The number of nitrogens with zero attached hydrogens (tertiary/aromatic N) is 2. The number of piperidine rings is 1. The van der Waals surface area contributed by atoms with Gasteiger partial charge in [-0.25, -0.2) is 17.1 Å². The molecule has 1 aliphatic heterocycles. The summed E-state index contributed by atoms with van der Waals surface area (Å²) >= 11 is 0. The van der Waals surface area contributed by atoms with Crippen molar-refractivity contribution in [3.63, 3.8) is 0 Å². The molecule has 10 heteroatoms. The number of hydrogen-bond donors (Lipinski definition) is 2. The molecule has 0 aliphatic carbocycles. The molecule has 1 aromatic rings. The van der Waals surface area contributed by atoms with Crippen molar-refractivity contribution >= 4 is 40.0 Å². The number of hydrogen-bond acceptors (Lipinski definition) is 4. The Morgan fingerprint density at radius 1 is 1.36 bits per heavy atom. The minimum absolute atomic E-state index is 0. The summed E-state index contributed by atoms with van der Waals surface area (Å²) in [7, 11) is -1.45. The van der Waals surface area contributed by atoms with Crippen molar-refractivity contribution in [1.29, 1.82) is 0 Å². The fourth-order valence-electron chi connectivity index (χ4n) is 2.89. The Morgan fingerprint density at radius 2 is 2.00 bits per heavy atom. The standard InChI is InChI=1S/C18H29FN4O3S.HI/c1-4-27(24,25)23-11-9-15(10-12-23)22-18(20-3)21-13-14(2)26-17-8-6-5-7-16(17)19;/h5-8,14-15H,4,9-13H2,1-3H3,(H2,20,21,22);1H. The average Bonchev–Trinajstić information content (AvgIpc) is 2.67. The molecule has 7 nitrogen and oxygen atoms in total. The molecule has 2 N–H and O–H groups in total. The van der Waals surface area contributed by atoms with Crippen LogP contribution in [0.4, 0.5) is 4.39 Å². The predicted molar refractivity (Wildman–Crippen MR) is 120 cm³/mol. The van der Waals surface area contributed by atoms with E-state index in [0.29, 0.717) is 25.6 Å². The van der Waals surface area contributed by atoms with Crippen LogP contribution >= 0.6 is 24.0 Å². The third kappa shape index (κ3) is 7.36. The first-order valence-electron chi connectivity index (χ1n) is 9.22. The predicted octanol–water partition coefficient (Wildman–Crippen LogP) is 2.19. The Balaban J connectivity index is 0.00000392. The zero-order chi connectivity index (χ0) is 19.9. The van der Waals surface area contributed by atoms with Crippen LogP contribution in [0.1, 0.15) is 26.7 Å². The highest BCUT2D eigenvalue weighted by Gasteiger charge is 2.27. The van der Waals surface area contributed by atoms with Gasteiger partial charge in [0, 0.05) is 26.2 Å². The first kappa shape index (κ1) is 24.9. The first-order valence-corrected chi connectivity index (χ1v) is 10.8. The maximum absolute atomic E-state index is 13.6. The number of para-hydroxylation sites is 1. The summed E-state index contributed by atoms with van der Waals surface area (Å²) in [6, 6.07) is 6.46. The molecule has 160 valence electrons. The van der Waals surface area contributed by atoms with Gasteiger partial charge in [-0.05, 0) is 38.8 Å². The van der Waals surface area contributed by atoms with Gasteiger partial charge >= 0.3 is 0 Å². The Kier molecular flexibility index (Phi) is 10.5. The van der Waals surface area contributed by atoms with Crippen LogP contribution in [0, 0.1) is 5.82 Å². The summed E-state index contributed by atoms with van der Waals surface area (Å²) < 4.78 is 44.6. The number of guanidine groups is 1. The summed E-state index contributed by atoms with van der Waals surface area (Å²) in [4.78, 5) is 4.20. The zero-order valence-corrected chi connectivity index (χ0v) is 19.7. The van der Waals surface area contributed by atoms with E-state index in [-0.39, 0.29) is 53.4 Å². The van der Waals surface area contributed by atoms with E-state index in [1.807, 2.05) is 6.92 Å². The highest BCUT2D eigenvalue weighted by atomic mass is 127. The molecular weight excluding hydrogens is 498 g/mol. The fraction of sp³-hybridized carbons (Fsp3) is 0.611. The Bertz CT molecular complexity index is 740. The van der Waals surface area contributed by atoms with E-state index >= 15 is 0 Å². The zero-order valence-electron chi connectivity index (χ0n) is 16.5. The SMILES string of the molecule is CCS(=O)(=O)N1CCC(NC(=NC)NCC(C)Oc2ccccc2F)CC1.I. The number of halogens is 2. The van der Waals surface area contributed by atoms with Gasteiger partial charge in [-0.15, -0.1) is 24.0 Å². The number of ether oxygens (including phenoxy) is 1. The van der Waals surface area contributed by atoms with Crippen LogP contribution in [0.3, 0.4) is 0 Å².